The van der Waals surface area contributed by atoms with Gasteiger partial charge in [-0.1, -0.05) is 0 Å². The van der Waals surface area contributed by atoms with Gasteiger partial charge in [0.25, 0.3) is 0 Å². The number of rotatable bonds is 5. The molecule has 0 atom stereocenters. The Morgan fingerprint density at radius 3 is 1.60 bits per heavy atom. The fraction of sp³-hybridized carbons (Fsp3) is 1.00. The number of alkyl halides is 8. The highest BCUT2D eigenvalue weighted by molar-refractivity contribution is 7.80. The van der Waals surface area contributed by atoms with Crippen molar-refractivity contribution in [2.45, 2.75) is 30.6 Å². The molecule has 0 rings (SSSR count). The summed E-state index contributed by atoms with van der Waals surface area (Å²) in [6.45, 7) is 0. The van der Waals surface area contributed by atoms with Crippen molar-refractivity contribution in [3.63, 3.8) is 0 Å². The van der Waals surface area contributed by atoms with Gasteiger partial charge >= 0.3 is 24.2 Å². The van der Waals surface area contributed by atoms with E-state index in [1.54, 1.807) is 0 Å². The summed E-state index contributed by atoms with van der Waals surface area (Å²) in [5, 5.41) is 0. The molecule has 0 fully saturated rings. The summed E-state index contributed by atoms with van der Waals surface area (Å²) in [6, 6.07) is 0. The smallest absolute Gasteiger partial charge is 0.203 e. The van der Waals surface area contributed by atoms with Crippen molar-refractivity contribution in [1.29, 1.82) is 0 Å². The Hall–Kier alpha value is -0.210. The fourth-order valence-electron chi connectivity index (χ4n) is 0.678. The normalized spacial score (nSPS) is 14.8. The van der Waals surface area contributed by atoms with Gasteiger partial charge in [0.2, 0.25) is 0 Å². The molecule has 0 aliphatic carbocycles. The molecule has 0 N–H and O–H groups in total. The summed E-state index contributed by atoms with van der Waals surface area (Å²) in [7, 11) is 0. The minimum Gasteiger partial charge on any atom is -0.203 e. The SMILES string of the molecule is FC(F)C(F)(F)C(F)(F)C(F)(F)CCS. The van der Waals surface area contributed by atoms with E-state index < -0.39 is 36.4 Å². The van der Waals surface area contributed by atoms with Crippen LogP contribution in [-0.2, 0) is 0 Å². The summed E-state index contributed by atoms with van der Waals surface area (Å²) >= 11 is 3.15. The molecule has 0 aromatic rings. The van der Waals surface area contributed by atoms with Crippen molar-refractivity contribution in [2.75, 3.05) is 5.75 Å². The lowest BCUT2D eigenvalue weighted by molar-refractivity contribution is -0.338. The Labute approximate surface area is 85.0 Å². The minimum atomic E-state index is -6.10. The van der Waals surface area contributed by atoms with Crippen molar-refractivity contribution in [2.24, 2.45) is 0 Å². The third kappa shape index (κ3) is 2.48. The van der Waals surface area contributed by atoms with Gasteiger partial charge < -0.3 is 0 Å². The average molecular weight is 262 g/mol. The predicted molar refractivity (Wildman–Crippen MR) is 39.3 cm³/mol. The van der Waals surface area contributed by atoms with E-state index in [1.165, 1.54) is 0 Å². The van der Waals surface area contributed by atoms with E-state index in [1.807, 2.05) is 0 Å². The third-order valence-corrected chi connectivity index (χ3v) is 1.80. The van der Waals surface area contributed by atoms with Crippen LogP contribution in [0.3, 0.4) is 0 Å². The van der Waals surface area contributed by atoms with Crippen molar-refractivity contribution >= 4 is 12.6 Å². The molecule has 0 bridgehead atoms. The number of thiol groups is 1. The van der Waals surface area contributed by atoms with Gasteiger partial charge in [0.1, 0.15) is 0 Å². The molecule has 0 spiro atoms. The van der Waals surface area contributed by atoms with Gasteiger partial charge in [-0.3, -0.25) is 0 Å². The average Bonchev–Trinajstić information content (AvgIpc) is 2.02. The first-order valence-corrected chi connectivity index (χ1v) is 4.16. The first-order valence-electron chi connectivity index (χ1n) is 3.53. The van der Waals surface area contributed by atoms with E-state index >= 15 is 0 Å². The van der Waals surface area contributed by atoms with E-state index in [0.717, 1.165) is 0 Å². The lowest BCUT2D eigenvalue weighted by Gasteiger charge is -2.31. The highest BCUT2D eigenvalue weighted by Gasteiger charge is 2.74. The molecule has 0 amide bonds. The van der Waals surface area contributed by atoms with Crippen LogP contribution in [0.15, 0.2) is 0 Å². The van der Waals surface area contributed by atoms with Gasteiger partial charge in [0, 0.05) is 6.42 Å². The Morgan fingerprint density at radius 1 is 0.933 bits per heavy atom. The second-order valence-electron chi connectivity index (χ2n) is 2.68. The molecule has 0 aromatic heterocycles. The van der Waals surface area contributed by atoms with Gasteiger partial charge in [-0.25, -0.2) is 8.78 Å². The Kier molecular flexibility index (Phi) is 4.28. The van der Waals surface area contributed by atoms with Crippen LogP contribution < -0.4 is 0 Å². The van der Waals surface area contributed by atoms with Crippen molar-refractivity contribution in [3.05, 3.63) is 0 Å². The summed E-state index contributed by atoms with van der Waals surface area (Å²) in [4.78, 5) is 0. The zero-order valence-corrected chi connectivity index (χ0v) is 7.86. The van der Waals surface area contributed by atoms with Crippen LogP contribution in [-0.4, -0.2) is 29.9 Å². The van der Waals surface area contributed by atoms with Crippen LogP contribution in [0.4, 0.5) is 35.1 Å². The van der Waals surface area contributed by atoms with E-state index in [9.17, 15) is 35.1 Å². The molecule has 0 saturated carbocycles. The molecule has 0 aromatic carbocycles. The van der Waals surface area contributed by atoms with Gasteiger partial charge in [-0.05, 0) is 5.75 Å². The second kappa shape index (κ2) is 4.34. The number of halogens is 8. The van der Waals surface area contributed by atoms with Gasteiger partial charge in [0.15, 0.2) is 0 Å². The molecule has 92 valence electrons. The minimum absolute atomic E-state index is 0.831. The van der Waals surface area contributed by atoms with Crippen LogP contribution in [0.1, 0.15) is 6.42 Å². The maximum Gasteiger partial charge on any atom is 0.377 e. The quantitative estimate of drug-likeness (QED) is 0.569. The maximum absolute atomic E-state index is 12.4. The fourth-order valence-corrected chi connectivity index (χ4v) is 0.959. The third-order valence-electron chi connectivity index (χ3n) is 1.58. The van der Waals surface area contributed by atoms with E-state index in [4.69, 9.17) is 0 Å². The summed E-state index contributed by atoms with van der Waals surface area (Å²) in [5.41, 5.74) is 0. The van der Waals surface area contributed by atoms with Crippen molar-refractivity contribution in [1.82, 2.24) is 0 Å². The predicted octanol–water partition coefficient (Wildman–Crippen LogP) is 3.48. The van der Waals surface area contributed by atoms with E-state index in [-0.39, 0.29) is 0 Å². The Balaban J connectivity index is 5.11. The van der Waals surface area contributed by atoms with E-state index in [0.29, 0.717) is 0 Å². The summed E-state index contributed by atoms with van der Waals surface area (Å²) in [5.74, 6) is -18.2. The molecular weight excluding hydrogens is 256 g/mol. The zero-order valence-electron chi connectivity index (χ0n) is 6.96. The number of hydrogen-bond acceptors (Lipinski definition) is 1. The van der Waals surface area contributed by atoms with Crippen molar-refractivity contribution in [3.8, 4) is 0 Å². The molecule has 9 heteroatoms. The molecule has 0 radical (unpaired) electrons. The Bertz CT molecular complexity index is 213. The topological polar surface area (TPSA) is 0 Å². The van der Waals surface area contributed by atoms with Crippen LogP contribution in [0.25, 0.3) is 0 Å². The molecule has 0 nitrogen and oxygen atoms in total. The molecule has 0 aliphatic rings. The van der Waals surface area contributed by atoms with Gasteiger partial charge in [-0.15, -0.1) is 0 Å². The van der Waals surface area contributed by atoms with Crippen LogP contribution >= 0.6 is 12.6 Å². The largest absolute Gasteiger partial charge is 0.377 e. The van der Waals surface area contributed by atoms with E-state index in [2.05, 4.69) is 12.6 Å². The zero-order chi connectivity index (χ0) is 12.5. The Morgan fingerprint density at radius 2 is 1.33 bits per heavy atom. The maximum atomic E-state index is 12.4. The highest BCUT2D eigenvalue weighted by atomic mass is 32.1. The molecular formula is C6H6F8S. The second-order valence-corrected chi connectivity index (χ2v) is 3.12. The van der Waals surface area contributed by atoms with Crippen LogP contribution in [0.5, 0.6) is 0 Å². The standard InChI is InChI=1S/C6H6F8S/c7-3(8)5(11,12)6(13,14)4(9,10)1-2-15/h3,15H,1-2H2. The molecule has 0 heterocycles. The number of hydrogen-bond donors (Lipinski definition) is 1. The molecule has 0 aliphatic heterocycles. The highest BCUT2D eigenvalue weighted by Crippen LogP contribution is 2.49. The molecule has 15 heavy (non-hydrogen) atoms. The van der Waals surface area contributed by atoms with Crippen LogP contribution in [0.2, 0.25) is 0 Å². The van der Waals surface area contributed by atoms with Crippen molar-refractivity contribution < 1.29 is 35.1 Å². The molecule has 0 unspecified atom stereocenters. The van der Waals surface area contributed by atoms with Crippen LogP contribution in [0, 0.1) is 0 Å². The van der Waals surface area contributed by atoms with Gasteiger partial charge in [0.05, 0.1) is 0 Å². The summed E-state index contributed by atoms with van der Waals surface area (Å²) < 4.78 is 97.0. The lowest BCUT2D eigenvalue weighted by Crippen LogP contribution is -2.57. The monoisotopic (exact) mass is 262 g/mol. The first kappa shape index (κ1) is 14.8. The first-order chi connectivity index (χ1) is 6.50. The molecule has 0 saturated heterocycles. The summed E-state index contributed by atoms with van der Waals surface area (Å²) in [6.07, 6.45) is -6.58. The lowest BCUT2D eigenvalue weighted by atomic mass is 10.0. The van der Waals surface area contributed by atoms with Gasteiger partial charge in [-0.2, -0.15) is 39.0 Å².